The lowest BCUT2D eigenvalue weighted by molar-refractivity contribution is 0.669. The number of benzene rings is 11. The van der Waals surface area contributed by atoms with Crippen molar-refractivity contribution >= 4 is 93.4 Å². The van der Waals surface area contributed by atoms with Crippen molar-refractivity contribution in [1.82, 2.24) is 9.13 Å². The molecule has 0 atom stereocenters. The highest BCUT2D eigenvalue weighted by molar-refractivity contribution is 6.11. The average molecular weight is 868 g/mol. The van der Waals surface area contributed by atoms with E-state index in [0.717, 1.165) is 61.5 Å². The third kappa shape index (κ3) is 6.08. The lowest BCUT2D eigenvalue weighted by Crippen LogP contribution is -2.09. The maximum Gasteiger partial charge on any atom is 0.135 e. The molecular formula is C64H41N3O. The number of fused-ring (bicyclic) bond motifs is 10. The first-order valence-corrected chi connectivity index (χ1v) is 23.2. The van der Waals surface area contributed by atoms with E-state index in [1.54, 1.807) is 0 Å². The van der Waals surface area contributed by atoms with Crippen LogP contribution in [0.4, 0.5) is 17.1 Å². The number of aromatic nitrogens is 2. The van der Waals surface area contributed by atoms with Gasteiger partial charge in [0.1, 0.15) is 11.2 Å². The fraction of sp³-hybridized carbons (Fsp3) is 0. The maximum absolute atomic E-state index is 6.16. The molecule has 0 saturated heterocycles. The van der Waals surface area contributed by atoms with Gasteiger partial charge in [0.05, 0.1) is 22.1 Å². The van der Waals surface area contributed by atoms with E-state index in [2.05, 4.69) is 251 Å². The smallest absolute Gasteiger partial charge is 0.135 e. The third-order valence-corrected chi connectivity index (χ3v) is 13.9. The van der Waals surface area contributed by atoms with Gasteiger partial charge in [-0.2, -0.15) is 0 Å². The summed E-state index contributed by atoms with van der Waals surface area (Å²) in [6.07, 6.45) is 0. The first kappa shape index (κ1) is 38.2. The van der Waals surface area contributed by atoms with Crippen LogP contribution in [0.3, 0.4) is 0 Å². The zero-order valence-corrected chi connectivity index (χ0v) is 36.9. The molecule has 3 aromatic heterocycles. The summed E-state index contributed by atoms with van der Waals surface area (Å²) in [4.78, 5) is 2.37. The van der Waals surface area contributed by atoms with Crippen LogP contribution in [0.15, 0.2) is 253 Å². The fourth-order valence-corrected chi connectivity index (χ4v) is 10.7. The van der Waals surface area contributed by atoms with Crippen LogP contribution in [-0.4, -0.2) is 9.13 Å². The van der Waals surface area contributed by atoms with Crippen molar-refractivity contribution in [1.29, 1.82) is 0 Å². The Morgan fingerprint density at radius 2 is 0.721 bits per heavy atom. The molecule has 0 radical (unpaired) electrons. The number of para-hydroxylation sites is 5. The van der Waals surface area contributed by atoms with E-state index < -0.39 is 0 Å². The molecule has 4 nitrogen and oxygen atoms in total. The number of furan rings is 1. The molecular weight excluding hydrogens is 827 g/mol. The van der Waals surface area contributed by atoms with Gasteiger partial charge in [-0.25, -0.2) is 0 Å². The topological polar surface area (TPSA) is 26.2 Å². The molecule has 0 aliphatic rings. The highest BCUT2D eigenvalue weighted by Crippen LogP contribution is 2.41. The van der Waals surface area contributed by atoms with Gasteiger partial charge in [-0.05, 0) is 142 Å². The van der Waals surface area contributed by atoms with Crippen LogP contribution in [0.25, 0.3) is 110 Å². The first-order valence-electron chi connectivity index (χ1n) is 23.2. The van der Waals surface area contributed by atoms with E-state index in [0.29, 0.717) is 0 Å². The SMILES string of the molecule is c1ccc(-n2c3ccccc3c3cc(-c4ccc(N(c5ccc(-c6ccc7oc8ccccc8c7c6)cc5)c5ccc6cc(-n7c8ccccc8c8ccccc87)ccc6c5)cc4)ccc32)cc1. The van der Waals surface area contributed by atoms with Crippen LogP contribution in [0, 0.1) is 0 Å². The van der Waals surface area contributed by atoms with E-state index in [1.165, 1.54) is 65.5 Å². The van der Waals surface area contributed by atoms with E-state index in [4.69, 9.17) is 4.42 Å². The molecule has 14 rings (SSSR count). The van der Waals surface area contributed by atoms with Gasteiger partial charge >= 0.3 is 0 Å². The molecule has 0 spiro atoms. The van der Waals surface area contributed by atoms with Gasteiger partial charge < -0.3 is 18.5 Å². The predicted molar refractivity (Wildman–Crippen MR) is 285 cm³/mol. The summed E-state index contributed by atoms with van der Waals surface area (Å²) in [5, 5.41) is 9.63. The Kier molecular flexibility index (Phi) is 8.55. The molecule has 14 aromatic rings. The van der Waals surface area contributed by atoms with Gasteiger partial charge in [0.15, 0.2) is 0 Å². The Morgan fingerprint density at radius 3 is 1.38 bits per heavy atom. The number of hydrogen-bond donors (Lipinski definition) is 0. The molecule has 11 aromatic carbocycles. The third-order valence-electron chi connectivity index (χ3n) is 13.9. The second kappa shape index (κ2) is 15.2. The highest BCUT2D eigenvalue weighted by atomic mass is 16.3. The minimum atomic E-state index is 0.901. The van der Waals surface area contributed by atoms with Crippen LogP contribution >= 0.6 is 0 Å². The lowest BCUT2D eigenvalue weighted by atomic mass is 10.0. The van der Waals surface area contributed by atoms with Crippen molar-refractivity contribution in [2.24, 2.45) is 0 Å². The summed E-state index contributed by atoms with van der Waals surface area (Å²) in [6, 6.07) is 90.1. The molecule has 0 fully saturated rings. The van der Waals surface area contributed by atoms with Crippen LogP contribution in [0.2, 0.25) is 0 Å². The Morgan fingerprint density at radius 1 is 0.265 bits per heavy atom. The molecule has 0 N–H and O–H groups in total. The first-order chi connectivity index (χ1) is 33.7. The van der Waals surface area contributed by atoms with Crippen molar-refractivity contribution in [3.8, 4) is 33.6 Å². The maximum atomic E-state index is 6.16. The van der Waals surface area contributed by atoms with E-state index >= 15 is 0 Å². The molecule has 318 valence electrons. The zero-order valence-electron chi connectivity index (χ0n) is 36.9. The van der Waals surface area contributed by atoms with Crippen molar-refractivity contribution in [3.63, 3.8) is 0 Å². The van der Waals surface area contributed by atoms with Crippen LogP contribution in [-0.2, 0) is 0 Å². The highest BCUT2D eigenvalue weighted by Gasteiger charge is 2.18. The van der Waals surface area contributed by atoms with Gasteiger partial charge in [0, 0.05) is 60.8 Å². The molecule has 4 heteroatoms. The van der Waals surface area contributed by atoms with E-state index in [9.17, 15) is 0 Å². The number of nitrogens with zero attached hydrogens (tertiary/aromatic N) is 3. The van der Waals surface area contributed by atoms with Gasteiger partial charge in [0.25, 0.3) is 0 Å². The monoisotopic (exact) mass is 867 g/mol. The Labute approximate surface area is 392 Å². The summed E-state index contributed by atoms with van der Waals surface area (Å²) in [5.41, 5.74) is 16.8. The standard InChI is InChI=1S/C64H41N3O/c1-2-12-48(13-3-1)66-61-20-10-6-16-55(61)57-40-46(28-36-62(57)66)42-22-30-49(31-23-42)65(50-32-24-43(25-33-50)47-29-37-64-58(41-47)56-17-7-11-21-63(56)68-64)51-34-26-45-39-52(35-27-44(45)38-51)67-59-18-8-4-14-53(59)54-15-5-9-19-60(54)67/h1-41H. The molecule has 68 heavy (non-hydrogen) atoms. The minimum absolute atomic E-state index is 0.901. The largest absolute Gasteiger partial charge is 0.456 e. The molecule has 0 aliphatic heterocycles. The Balaban J connectivity index is 0.864. The van der Waals surface area contributed by atoms with Gasteiger partial charge in [-0.3, -0.25) is 0 Å². The number of rotatable bonds is 7. The zero-order chi connectivity index (χ0) is 44.7. The molecule has 0 saturated carbocycles. The van der Waals surface area contributed by atoms with Crippen LogP contribution in [0.1, 0.15) is 0 Å². The summed E-state index contributed by atoms with van der Waals surface area (Å²) in [6.45, 7) is 0. The fourth-order valence-electron chi connectivity index (χ4n) is 10.7. The second-order valence-corrected chi connectivity index (χ2v) is 17.7. The van der Waals surface area contributed by atoms with Crippen molar-refractivity contribution < 1.29 is 4.42 Å². The Hall–Kier alpha value is -9.12. The second-order valence-electron chi connectivity index (χ2n) is 17.7. The number of hydrogen-bond acceptors (Lipinski definition) is 2. The van der Waals surface area contributed by atoms with E-state index in [-0.39, 0.29) is 0 Å². The predicted octanol–water partition coefficient (Wildman–Crippen LogP) is 17.7. The lowest BCUT2D eigenvalue weighted by Gasteiger charge is -2.26. The van der Waals surface area contributed by atoms with Gasteiger partial charge in [-0.15, -0.1) is 0 Å². The molecule has 0 bridgehead atoms. The van der Waals surface area contributed by atoms with Gasteiger partial charge in [0.2, 0.25) is 0 Å². The van der Waals surface area contributed by atoms with Gasteiger partial charge in [-0.1, -0.05) is 140 Å². The van der Waals surface area contributed by atoms with Crippen molar-refractivity contribution in [2.45, 2.75) is 0 Å². The van der Waals surface area contributed by atoms with Crippen molar-refractivity contribution in [3.05, 3.63) is 249 Å². The van der Waals surface area contributed by atoms with Crippen molar-refractivity contribution in [2.75, 3.05) is 4.90 Å². The number of anilines is 3. The molecule has 0 aliphatic carbocycles. The molecule has 0 amide bonds. The normalized spacial score (nSPS) is 11.8. The minimum Gasteiger partial charge on any atom is -0.456 e. The summed E-state index contributed by atoms with van der Waals surface area (Å²) in [7, 11) is 0. The Bertz CT molecular complexity index is 4200. The summed E-state index contributed by atoms with van der Waals surface area (Å²) >= 11 is 0. The quantitative estimate of drug-likeness (QED) is 0.160. The molecule has 3 heterocycles. The summed E-state index contributed by atoms with van der Waals surface area (Å²) in [5.74, 6) is 0. The average Bonchev–Trinajstić information content (AvgIpc) is 4.07. The van der Waals surface area contributed by atoms with Crippen LogP contribution < -0.4 is 4.90 Å². The van der Waals surface area contributed by atoms with Crippen LogP contribution in [0.5, 0.6) is 0 Å². The summed E-state index contributed by atoms with van der Waals surface area (Å²) < 4.78 is 10.9. The molecule has 0 unspecified atom stereocenters. The van der Waals surface area contributed by atoms with E-state index in [1.807, 2.05) is 12.1 Å².